The van der Waals surface area contributed by atoms with Gasteiger partial charge in [0.25, 0.3) is 0 Å². The van der Waals surface area contributed by atoms with E-state index in [1.165, 1.54) is 20.9 Å². The predicted molar refractivity (Wildman–Crippen MR) is 222 cm³/mol. The fraction of sp³-hybridized carbons (Fsp3) is 0. The Hall–Kier alpha value is -6.82. The Bertz CT molecular complexity index is 3460. The van der Waals surface area contributed by atoms with Gasteiger partial charge in [-0.25, -0.2) is 9.97 Å². The first-order valence-corrected chi connectivity index (χ1v) is 18.7. The van der Waals surface area contributed by atoms with Crippen molar-refractivity contribution in [1.82, 2.24) is 14.5 Å². The zero-order valence-electron chi connectivity index (χ0n) is 28.2. The summed E-state index contributed by atoms with van der Waals surface area (Å²) in [6, 6.07) is 58.1. The second kappa shape index (κ2) is 10.8. The maximum atomic E-state index is 6.82. The summed E-state index contributed by atoms with van der Waals surface area (Å²) < 4.78 is 11.4. The van der Waals surface area contributed by atoms with Crippen molar-refractivity contribution in [2.24, 2.45) is 0 Å². The SMILES string of the molecule is c1ccc(-c2nc(-n3c4c(-c5cccc6c5oc5ccc7ccccc7c56)cccc4c4ccc5ccccc5c43)nc3c2sc2ccccc23)cc1. The average Bonchev–Trinajstić information content (AvgIpc) is 3.91. The van der Waals surface area contributed by atoms with Crippen LogP contribution in [0, 0.1) is 0 Å². The number of furan rings is 1. The van der Waals surface area contributed by atoms with Gasteiger partial charge in [-0.2, -0.15) is 0 Å². The summed E-state index contributed by atoms with van der Waals surface area (Å²) in [6.45, 7) is 0. The van der Waals surface area contributed by atoms with Crippen LogP contribution in [0.1, 0.15) is 0 Å². The van der Waals surface area contributed by atoms with Crippen molar-refractivity contribution < 1.29 is 4.42 Å². The molecule has 0 unspecified atom stereocenters. The highest BCUT2D eigenvalue weighted by Gasteiger charge is 2.24. The Morgan fingerprint density at radius 1 is 0.472 bits per heavy atom. The first-order chi connectivity index (χ1) is 26.3. The number of hydrogen-bond donors (Lipinski definition) is 0. The zero-order chi connectivity index (χ0) is 34.6. The van der Waals surface area contributed by atoms with Crippen LogP contribution in [-0.2, 0) is 0 Å². The summed E-state index contributed by atoms with van der Waals surface area (Å²) in [6.07, 6.45) is 0. The molecule has 0 N–H and O–H groups in total. The summed E-state index contributed by atoms with van der Waals surface area (Å²) in [7, 11) is 0. The van der Waals surface area contributed by atoms with E-state index in [1.807, 2.05) is 0 Å². The fourth-order valence-corrected chi connectivity index (χ4v) is 9.65. The van der Waals surface area contributed by atoms with Crippen LogP contribution >= 0.6 is 11.3 Å². The topological polar surface area (TPSA) is 43.9 Å². The third kappa shape index (κ3) is 4.05. The first kappa shape index (κ1) is 28.8. The molecule has 0 spiro atoms. The summed E-state index contributed by atoms with van der Waals surface area (Å²) in [5.41, 5.74) is 8.97. The summed E-state index contributed by atoms with van der Waals surface area (Å²) in [4.78, 5) is 11.0. The van der Waals surface area contributed by atoms with Crippen LogP contribution in [0.5, 0.6) is 0 Å². The second-order valence-electron chi connectivity index (χ2n) is 13.7. The fourth-order valence-electron chi connectivity index (χ4n) is 8.50. The minimum atomic E-state index is 0.645. The molecule has 246 valence electrons. The molecule has 0 radical (unpaired) electrons. The Morgan fingerprint density at radius 2 is 1.13 bits per heavy atom. The number of para-hydroxylation sites is 2. The highest BCUT2D eigenvalue weighted by atomic mass is 32.1. The van der Waals surface area contributed by atoms with Crippen molar-refractivity contribution in [2.75, 3.05) is 0 Å². The smallest absolute Gasteiger partial charge is 0.235 e. The van der Waals surface area contributed by atoms with E-state index in [4.69, 9.17) is 14.4 Å². The number of rotatable bonds is 3. The zero-order valence-corrected chi connectivity index (χ0v) is 29.1. The summed E-state index contributed by atoms with van der Waals surface area (Å²) in [5, 5.41) is 10.4. The quantitative estimate of drug-likeness (QED) is 0.185. The number of benzene rings is 8. The van der Waals surface area contributed by atoms with E-state index in [2.05, 4.69) is 168 Å². The molecule has 12 rings (SSSR count). The molecule has 0 amide bonds. The number of nitrogens with zero attached hydrogens (tertiary/aromatic N) is 3. The highest BCUT2D eigenvalue weighted by Crippen LogP contribution is 2.46. The lowest BCUT2D eigenvalue weighted by molar-refractivity contribution is 0.670. The van der Waals surface area contributed by atoms with E-state index in [-0.39, 0.29) is 0 Å². The second-order valence-corrected chi connectivity index (χ2v) is 14.7. The molecule has 0 saturated heterocycles. The lowest BCUT2D eigenvalue weighted by atomic mass is 9.98. The molecular weight excluding hydrogens is 667 g/mol. The molecule has 0 bridgehead atoms. The molecule has 4 nitrogen and oxygen atoms in total. The first-order valence-electron chi connectivity index (χ1n) is 17.8. The van der Waals surface area contributed by atoms with Crippen LogP contribution in [0.25, 0.3) is 114 Å². The third-order valence-electron chi connectivity index (χ3n) is 10.8. The van der Waals surface area contributed by atoms with Gasteiger partial charge >= 0.3 is 0 Å². The third-order valence-corrected chi connectivity index (χ3v) is 12.0. The Kier molecular flexibility index (Phi) is 5.90. The molecule has 8 aromatic carbocycles. The minimum Gasteiger partial charge on any atom is -0.455 e. The Morgan fingerprint density at radius 3 is 2.00 bits per heavy atom. The average molecular weight is 694 g/mol. The van der Waals surface area contributed by atoms with E-state index < -0.39 is 0 Å². The van der Waals surface area contributed by atoms with Gasteiger partial charge in [0.15, 0.2) is 0 Å². The molecule has 4 heterocycles. The van der Waals surface area contributed by atoms with E-state index >= 15 is 0 Å². The number of thiophene rings is 1. The molecule has 4 aromatic heterocycles. The van der Waals surface area contributed by atoms with Crippen LogP contribution in [0.15, 0.2) is 168 Å². The van der Waals surface area contributed by atoms with Gasteiger partial charge in [0, 0.05) is 53.7 Å². The van der Waals surface area contributed by atoms with Gasteiger partial charge in [0.1, 0.15) is 11.2 Å². The monoisotopic (exact) mass is 693 g/mol. The van der Waals surface area contributed by atoms with Gasteiger partial charge in [0.2, 0.25) is 5.95 Å². The molecule has 5 heteroatoms. The highest BCUT2D eigenvalue weighted by molar-refractivity contribution is 7.26. The summed E-state index contributed by atoms with van der Waals surface area (Å²) >= 11 is 1.76. The van der Waals surface area contributed by atoms with Crippen molar-refractivity contribution in [3.8, 4) is 28.3 Å². The van der Waals surface area contributed by atoms with Crippen LogP contribution in [-0.4, -0.2) is 14.5 Å². The van der Waals surface area contributed by atoms with Crippen molar-refractivity contribution in [1.29, 1.82) is 0 Å². The molecule has 0 fully saturated rings. The van der Waals surface area contributed by atoms with Crippen molar-refractivity contribution in [2.45, 2.75) is 0 Å². The maximum absolute atomic E-state index is 6.82. The van der Waals surface area contributed by atoms with Gasteiger partial charge < -0.3 is 4.42 Å². The van der Waals surface area contributed by atoms with E-state index in [9.17, 15) is 0 Å². The molecule has 0 aliphatic heterocycles. The van der Waals surface area contributed by atoms with Gasteiger partial charge in [-0.15, -0.1) is 11.3 Å². The van der Waals surface area contributed by atoms with Gasteiger partial charge in [0.05, 0.1) is 26.9 Å². The van der Waals surface area contributed by atoms with Gasteiger partial charge in [-0.05, 0) is 28.3 Å². The van der Waals surface area contributed by atoms with Crippen LogP contribution < -0.4 is 0 Å². The van der Waals surface area contributed by atoms with Crippen molar-refractivity contribution in [3.63, 3.8) is 0 Å². The molecule has 0 atom stereocenters. The molecule has 12 aromatic rings. The van der Waals surface area contributed by atoms with Crippen molar-refractivity contribution >= 4 is 96.9 Å². The Balaban J connectivity index is 1.26. The number of fused-ring (bicyclic) bond motifs is 13. The molecule has 0 aliphatic carbocycles. The lowest BCUT2D eigenvalue weighted by Crippen LogP contribution is -2.04. The van der Waals surface area contributed by atoms with E-state index in [0.717, 1.165) is 87.1 Å². The molecular formula is C48H27N3OS. The summed E-state index contributed by atoms with van der Waals surface area (Å²) in [5.74, 6) is 0.645. The lowest BCUT2D eigenvalue weighted by Gasteiger charge is -2.13. The normalized spacial score (nSPS) is 12.2. The molecule has 53 heavy (non-hydrogen) atoms. The van der Waals surface area contributed by atoms with Gasteiger partial charge in [-0.3, -0.25) is 4.57 Å². The Labute approximate surface area is 306 Å². The number of hydrogen-bond acceptors (Lipinski definition) is 4. The van der Waals surface area contributed by atoms with Gasteiger partial charge in [-0.1, -0.05) is 152 Å². The van der Waals surface area contributed by atoms with Crippen molar-refractivity contribution in [3.05, 3.63) is 164 Å². The number of aromatic nitrogens is 3. The maximum Gasteiger partial charge on any atom is 0.235 e. The van der Waals surface area contributed by atoms with E-state index in [0.29, 0.717) is 5.95 Å². The van der Waals surface area contributed by atoms with Crippen LogP contribution in [0.2, 0.25) is 0 Å². The van der Waals surface area contributed by atoms with Crippen LogP contribution in [0.4, 0.5) is 0 Å². The standard InChI is InChI=1S/C48H27N3OS/c1-2-14-30(15-3-1)42-47-43(37-18-8-9-23-40(37)53-47)50-48(49-42)51-44-32-17-7-5-13-29(32)24-26-35(44)33-19-10-20-34(45(33)51)36-21-11-22-38-41-31-16-6-4-12-28(31)25-27-39(41)52-46(36)38/h1-27H. The largest absolute Gasteiger partial charge is 0.455 e. The van der Waals surface area contributed by atoms with Crippen LogP contribution in [0.3, 0.4) is 0 Å². The minimum absolute atomic E-state index is 0.645. The molecule has 0 aliphatic rings. The predicted octanol–water partition coefficient (Wildman–Crippen LogP) is 13.5. The molecule has 0 saturated carbocycles. The van der Waals surface area contributed by atoms with E-state index in [1.54, 1.807) is 11.3 Å².